The molecule has 0 spiro atoms. The monoisotopic (exact) mass is 350 g/mol. The van der Waals surface area contributed by atoms with E-state index in [2.05, 4.69) is 6.92 Å². The van der Waals surface area contributed by atoms with Crippen LogP contribution >= 0.6 is 0 Å². The van der Waals surface area contributed by atoms with Gasteiger partial charge >= 0.3 is 10.1 Å². The third-order valence-electron chi connectivity index (χ3n) is 3.71. The van der Waals surface area contributed by atoms with E-state index >= 15 is 0 Å². The zero-order valence-corrected chi connectivity index (χ0v) is 14.4. The molecule has 2 aromatic carbocycles. The van der Waals surface area contributed by atoms with Gasteiger partial charge in [-0.1, -0.05) is 50.5 Å². The Kier molecular flexibility index (Phi) is 6.23. The first-order chi connectivity index (χ1) is 11.4. The molecule has 0 aliphatic carbocycles. The third kappa shape index (κ3) is 4.72. The van der Waals surface area contributed by atoms with Crippen molar-refractivity contribution in [2.75, 3.05) is 0 Å². The molecule has 5 nitrogen and oxygen atoms in total. The molecule has 0 heterocycles. The lowest BCUT2D eigenvalue weighted by Crippen LogP contribution is -2.04. The number of para-hydroxylation sites is 1. The summed E-state index contributed by atoms with van der Waals surface area (Å²) in [4.78, 5) is -0.584. The Morgan fingerprint density at radius 3 is 2.33 bits per heavy atom. The van der Waals surface area contributed by atoms with Gasteiger partial charge in [0.15, 0.2) is 10.6 Å². The molecule has 0 aromatic heterocycles. The van der Waals surface area contributed by atoms with Gasteiger partial charge in [-0.15, -0.1) is 0 Å². The molecule has 0 atom stereocenters. The Balaban J connectivity index is 2.33. The number of phenols is 1. The number of phenolic OH excluding ortho intramolecular Hbond substituents is 1. The molecule has 2 N–H and O–H groups in total. The molecule has 0 radical (unpaired) electrons. The summed E-state index contributed by atoms with van der Waals surface area (Å²) in [5.74, 6) is -0.126. The molecular weight excluding hydrogens is 328 g/mol. The second-order valence-electron chi connectivity index (χ2n) is 5.60. The molecule has 0 amide bonds. The number of benzene rings is 2. The lowest BCUT2D eigenvalue weighted by molar-refractivity contribution is 0.411. The van der Waals surface area contributed by atoms with Crippen LogP contribution in [0.4, 0.5) is 0 Å². The van der Waals surface area contributed by atoms with Crippen molar-refractivity contribution >= 4 is 10.1 Å². The van der Waals surface area contributed by atoms with Crippen LogP contribution in [-0.4, -0.2) is 18.1 Å². The maximum absolute atomic E-state index is 11.7. The van der Waals surface area contributed by atoms with E-state index in [9.17, 15) is 18.1 Å². The van der Waals surface area contributed by atoms with Crippen LogP contribution in [0.3, 0.4) is 0 Å². The molecule has 0 unspecified atom stereocenters. The largest absolute Gasteiger partial charge is 0.506 e. The first-order valence-corrected chi connectivity index (χ1v) is 9.42. The number of rotatable bonds is 8. The quantitative estimate of drug-likeness (QED) is 0.539. The van der Waals surface area contributed by atoms with E-state index < -0.39 is 20.8 Å². The van der Waals surface area contributed by atoms with E-state index in [1.54, 1.807) is 36.4 Å². The average Bonchev–Trinajstić information content (AvgIpc) is 2.53. The molecule has 2 rings (SSSR count). The number of ether oxygens (including phenoxy) is 1. The van der Waals surface area contributed by atoms with Crippen molar-refractivity contribution < 1.29 is 22.8 Å². The van der Waals surface area contributed by atoms with Gasteiger partial charge < -0.3 is 9.84 Å². The summed E-state index contributed by atoms with van der Waals surface area (Å²) in [6, 6.07) is 11.7. The van der Waals surface area contributed by atoms with Crippen LogP contribution in [0.25, 0.3) is 0 Å². The third-order valence-corrected chi connectivity index (χ3v) is 4.62. The predicted octanol–water partition coefficient (Wildman–Crippen LogP) is 4.55. The number of aryl methyl sites for hydroxylation is 1. The smallest absolute Gasteiger partial charge is 0.301 e. The van der Waals surface area contributed by atoms with Crippen LogP contribution in [-0.2, 0) is 16.5 Å². The normalized spacial score (nSPS) is 11.4. The van der Waals surface area contributed by atoms with Crippen LogP contribution in [0.1, 0.15) is 38.2 Å². The minimum Gasteiger partial charge on any atom is -0.506 e. The summed E-state index contributed by atoms with van der Waals surface area (Å²) in [6.45, 7) is 2.10. The van der Waals surface area contributed by atoms with Crippen LogP contribution in [0, 0.1) is 0 Å². The first kappa shape index (κ1) is 18.3. The van der Waals surface area contributed by atoms with Crippen LogP contribution in [0.5, 0.6) is 17.2 Å². The summed E-state index contributed by atoms with van der Waals surface area (Å²) in [5, 5.41) is 10.3. The summed E-state index contributed by atoms with van der Waals surface area (Å²) in [5.41, 5.74) is 0.485. The van der Waals surface area contributed by atoms with Crippen molar-refractivity contribution in [3.05, 3.63) is 48.0 Å². The Hall–Kier alpha value is -2.05. The molecule has 0 saturated carbocycles. The minimum absolute atomic E-state index is 0.0986. The predicted molar refractivity (Wildman–Crippen MR) is 92.3 cm³/mol. The van der Waals surface area contributed by atoms with Crippen molar-refractivity contribution in [2.24, 2.45) is 0 Å². The summed E-state index contributed by atoms with van der Waals surface area (Å²) < 4.78 is 38.4. The van der Waals surface area contributed by atoms with Crippen molar-refractivity contribution in [1.29, 1.82) is 0 Å². The molecule has 0 bridgehead atoms. The zero-order chi connectivity index (χ0) is 17.6. The van der Waals surface area contributed by atoms with Crippen LogP contribution in [0.15, 0.2) is 47.4 Å². The van der Waals surface area contributed by atoms with Gasteiger partial charge in [-0.25, -0.2) is 0 Å². The second-order valence-corrected chi connectivity index (χ2v) is 6.96. The molecular formula is C18H22O5S. The number of hydrogen-bond donors (Lipinski definition) is 2. The van der Waals surface area contributed by atoms with E-state index in [0.29, 0.717) is 17.7 Å². The Bertz CT molecular complexity index is 769. The molecule has 0 aliphatic rings. The highest BCUT2D eigenvalue weighted by Gasteiger charge is 2.24. The van der Waals surface area contributed by atoms with Crippen LogP contribution < -0.4 is 4.74 Å². The highest BCUT2D eigenvalue weighted by atomic mass is 32.2. The molecule has 0 aliphatic heterocycles. The van der Waals surface area contributed by atoms with Gasteiger partial charge in [0.05, 0.1) is 0 Å². The molecule has 6 heteroatoms. The molecule has 2 aromatic rings. The highest BCUT2D eigenvalue weighted by Crippen LogP contribution is 2.38. The second kappa shape index (κ2) is 8.17. The van der Waals surface area contributed by atoms with Gasteiger partial charge in [-0.05, 0) is 36.6 Å². The lowest BCUT2D eigenvalue weighted by atomic mass is 10.1. The van der Waals surface area contributed by atoms with E-state index in [4.69, 9.17) is 4.74 Å². The minimum atomic E-state index is -4.62. The summed E-state index contributed by atoms with van der Waals surface area (Å²) in [6.07, 6.45) is 4.55. The highest BCUT2D eigenvalue weighted by molar-refractivity contribution is 7.86. The van der Waals surface area contributed by atoms with Crippen molar-refractivity contribution in [1.82, 2.24) is 0 Å². The van der Waals surface area contributed by atoms with Crippen LogP contribution in [0.2, 0.25) is 0 Å². The van der Waals surface area contributed by atoms with E-state index in [1.807, 2.05) is 0 Å². The van der Waals surface area contributed by atoms with Crippen molar-refractivity contribution in [2.45, 2.75) is 43.9 Å². The lowest BCUT2D eigenvalue weighted by Gasteiger charge is -2.13. The van der Waals surface area contributed by atoms with Gasteiger partial charge in [-0.3, -0.25) is 4.55 Å². The van der Waals surface area contributed by atoms with E-state index in [0.717, 1.165) is 25.7 Å². The van der Waals surface area contributed by atoms with Crippen molar-refractivity contribution in [3.63, 3.8) is 0 Å². The Morgan fingerprint density at radius 1 is 1.00 bits per heavy atom. The molecule has 24 heavy (non-hydrogen) atoms. The number of hydrogen-bond acceptors (Lipinski definition) is 4. The zero-order valence-electron chi connectivity index (χ0n) is 13.6. The van der Waals surface area contributed by atoms with Gasteiger partial charge in [0.1, 0.15) is 11.5 Å². The fraction of sp³-hybridized carbons (Fsp3) is 0.333. The Morgan fingerprint density at radius 2 is 1.71 bits per heavy atom. The van der Waals surface area contributed by atoms with Gasteiger partial charge in [0, 0.05) is 0 Å². The van der Waals surface area contributed by atoms with Gasteiger partial charge in [-0.2, -0.15) is 8.42 Å². The number of unbranched alkanes of at least 4 members (excludes halogenated alkanes) is 3. The van der Waals surface area contributed by atoms with E-state index in [-0.39, 0.29) is 5.75 Å². The fourth-order valence-electron chi connectivity index (χ4n) is 2.48. The number of aromatic hydroxyl groups is 1. The maximum atomic E-state index is 11.7. The van der Waals surface area contributed by atoms with E-state index in [1.165, 1.54) is 6.07 Å². The summed E-state index contributed by atoms with van der Waals surface area (Å²) in [7, 11) is -4.62. The van der Waals surface area contributed by atoms with Gasteiger partial charge in [0.25, 0.3) is 0 Å². The SMILES string of the molecule is CCCCCCc1ccc(Oc2ccccc2)c(S(=O)(=O)O)c1O. The average molecular weight is 350 g/mol. The van der Waals surface area contributed by atoms with Crippen molar-refractivity contribution in [3.8, 4) is 17.2 Å². The molecule has 130 valence electrons. The first-order valence-electron chi connectivity index (χ1n) is 7.98. The topological polar surface area (TPSA) is 83.8 Å². The Labute approximate surface area is 142 Å². The maximum Gasteiger partial charge on any atom is 0.301 e. The molecule has 0 saturated heterocycles. The standard InChI is InChI=1S/C18H22O5S/c1-2-3-4-6-9-14-12-13-16(18(17(14)19)24(20,21)22)23-15-10-7-5-8-11-15/h5,7-8,10-13,19H,2-4,6,9H2,1H3,(H,20,21,22). The fourth-order valence-corrected chi connectivity index (χ4v) is 3.22. The molecule has 0 fully saturated rings. The summed E-state index contributed by atoms with van der Waals surface area (Å²) >= 11 is 0. The van der Waals surface area contributed by atoms with Gasteiger partial charge in [0.2, 0.25) is 0 Å².